The van der Waals surface area contributed by atoms with E-state index in [1.807, 2.05) is 0 Å². The van der Waals surface area contributed by atoms with E-state index in [1.165, 1.54) is 44.6 Å². The number of carbonyl (C=O) groups excluding carboxylic acids is 1. The van der Waals surface area contributed by atoms with Crippen LogP contribution in [-0.2, 0) is 28.5 Å². The Balaban J connectivity index is 1.24. The zero-order chi connectivity index (χ0) is 48.4. The highest BCUT2D eigenvalue weighted by Gasteiger charge is 2.52. The van der Waals surface area contributed by atoms with Gasteiger partial charge in [-0.2, -0.15) is 0 Å². The normalized spacial score (nSPS) is 31.1. The molecule has 0 radical (unpaired) electrons. The fraction of sp³-hybridized carbons (Fsp3) is 0.442. The van der Waals surface area contributed by atoms with Crippen molar-refractivity contribution >= 4 is 23.0 Å². The van der Waals surface area contributed by atoms with Crippen molar-refractivity contribution in [2.24, 2.45) is 0 Å². The molecule has 3 fully saturated rings. The minimum absolute atomic E-state index is 0.0106. The second kappa shape index (κ2) is 20.6. The van der Waals surface area contributed by atoms with Crippen LogP contribution >= 0.6 is 0 Å². The molecule has 14 atom stereocenters. The van der Waals surface area contributed by atoms with Crippen LogP contribution in [0.4, 0.5) is 0 Å². The molecular weight excluding hydrogens is 900 g/mol. The molecule has 4 aromatic rings. The number of methoxy groups -OCH3 is 2. The molecule has 13 N–H and O–H groups in total. The predicted octanol–water partition coefficient (Wildman–Crippen LogP) is -1.69. The van der Waals surface area contributed by atoms with Crippen LogP contribution in [-0.4, -0.2) is 192 Å². The first-order chi connectivity index (χ1) is 32.0. The Kier molecular flexibility index (Phi) is 15.1. The molecule has 0 saturated carbocycles. The molecule has 3 aromatic carbocycles. The molecule has 24 nitrogen and oxygen atoms in total. The van der Waals surface area contributed by atoms with E-state index < -0.39 is 129 Å². The summed E-state index contributed by atoms with van der Waals surface area (Å²) in [6.45, 7) is -2.28. The van der Waals surface area contributed by atoms with Gasteiger partial charge in [0.2, 0.25) is 24.1 Å². The minimum Gasteiger partial charge on any atom is -0.507 e. The van der Waals surface area contributed by atoms with Crippen molar-refractivity contribution in [3.8, 4) is 57.3 Å². The van der Waals surface area contributed by atoms with Gasteiger partial charge < -0.3 is 109 Å². The van der Waals surface area contributed by atoms with Crippen LogP contribution in [0.1, 0.15) is 5.56 Å². The van der Waals surface area contributed by atoms with Gasteiger partial charge in [0, 0.05) is 24.3 Å². The fourth-order valence-corrected chi connectivity index (χ4v) is 7.44. The van der Waals surface area contributed by atoms with Crippen molar-refractivity contribution in [1.82, 2.24) is 0 Å². The number of aliphatic hydroxyl groups is 9. The topological polar surface area (TPSA) is 374 Å². The molecule has 1 aromatic heterocycles. The van der Waals surface area contributed by atoms with Crippen molar-refractivity contribution in [3.05, 3.63) is 60.2 Å². The highest BCUT2D eigenvalue weighted by atomic mass is 16.8. The van der Waals surface area contributed by atoms with Gasteiger partial charge in [-0.3, -0.25) is 0 Å². The number of ether oxygens (including phenoxy) is 9. The number of rotatable bonds is 14. The van der Waals surface area contributed by atoms with E-state index in [2.05, 4.69) is 0 Å². The second-order valence-electron chi connectivity index (χ2n) is 15.5. The summed E-state index contributed by atoms with van der Waals surface area (Å²) < 4.78 is 57.1. The Morgan fingerprint density at radius 1 is 0.687 bits per heavy atom. The van der Waals surface area contributed by atoms with E-state index in [0.717, 1.165) is 30.3 Å². The number of phenols is 4. The van der Waals surface area contributed by atoms with E-state index in [1.54, 1.807) is 0 Å². The maximum absolute atomic E-state index is 13.2. The minimum atomic E-state index is -2.01. The van der Waals surface area contributed by atoms with Crippen LogP contribution in [0, 0.1) is 0 Å². The zero-order valence-corrected chi connectivity index (χ0v) is 35.3. The lowest BCUT2D eigenvalue weighted by atomic mass is 9.98. The van der Waals surface area contributed by atoms with E-state index in [-0.39, 0.29) is 51.0 Å². The molecule has 24 heteroatoms. The van der Waals surface area contributed by atoms with Gasteiger partial charge in [-0.05, 0) is 35.9 Å². The Morgan fingerprint density at radius 3 is 1.97 bits per heavy atom. The summed E-state index contributed by atoms with van der Waals surface area (Å²) in [5, 5.41) is 137. The van der Waals surface area contributed by atoms with Crippen LogP contribution in [0.5, 0.6) is 46.0 Å². The van der Waals surface area contributed by atoms with Crippen molar-refractivity contribution < 1.29 is 118 Å². The molecule has 364 valence electrons. The Labute approximate surface area is 378 Å². The Hall–Kier alpha value is -5.84. The Morgan fingerprint density at radius 2 is 1.33 bits per heavy atom. The molecule has 3 saturated heterocycles. The van der Waals surface area contributed by atoms with Crippen molar-refractivity contribution in [3.63, 3.8) is 0 Å². The number of phenolic OH excluding ortho intramolecular Hbond substituents is 4. The van der Waals surface area contributed by atoms with Crippen LogP contribution in [0.2, 0.25) is 0 Å². The van der Waals surface area contributed by atoms with Gasteiger partial charge in [-0.15, -0.1) is 0 Å². The summed E-state index contributed by atoms with van der Waals surface area (Å²) in [7, 11) is 2.59. The van der Waals surface area contributed by atoms with Gasteiger partial charge in [0.1, 0.15) is 71.8 Å². The van der Waals surface area contributed by atoms with Crippen LogP contribution in [0.15, 0.2) is 59.0 Å². The second-order valence-corrected chi connectivity index (χ2v) is 15.5. The summed E-state index contributed by atoms with van der Waals surface area (Å²) in [6.07, 6.45) is -22.9. The van der Waals surface area contributed by atoms with Crippen LogP contribution < -0.4 is 18.9 Å². The van der Waals surface area contributed by atoms with Gasteiger partial charge in [-0.25, -0.2) is 9.21 Å². The maximum atomic E-state index is 13.2. The average Bonchev–Trinajstić information content (AvgIpc) is 3.31. The van der Waals surface area contributed by atoms with Crippen molar-refractivity contribution in [2.75, 3.05) is 34.0 Å². The lowest BCUT2D eigenvalue weighted by Crippen LogP contribution is -2.64. The first-order valence-corrected chi connectivity index (χ1v) is 20.4. The van der Waals surface area contributed by atoms with E-state index in [4.69, 9.17) is 47.0 Å². The third-order valence-corrected chi connectivity index (χ3v) is 11.1. The largest absolute Gasteiger partial charge is 0.507 e. The van der Waals surface area contributed by atoms with E-state index in [9.17, 15) is 71.2 Å². The van der Waals surface area contributed by atoms with Gasteiger partial charge >= 0.3 is 17.3 Å². The fourth-order valence-electron chi connectivity index (χ4n) is 7.44. The molecule has 0 bridgehead atoms. The molecule has 0 amide bonds. The average molecular weight is 950 g/mol. The van der Waals surface area contributed by atoms with Crippen LogP contribution in [0.25, 0.3) is 28.4 Å². The lowest BCUT2D eigenvalue weighted by molar-refractivity contribution is -0.345. The number of fused-ring (bicyclic) bond motifs is 1. The number of aromatic hydroxyl groups is 4. The smallest absolute Gasteiger partial charge is 0.402 e. The number of esters is 1. The highest BCUT2D eigenvalue weighted by molar-refractivity contribution is 5.89. The molecule has 7 rings (SSSR count). The number of benzene rings is 3. The SMILES string of the molecule is COc1cc(C=CC(=O)OC2C(OC3C(Oc4cc5c(OC6OC(CO)C(O)C(O)C6O)cc(O)cc5[o+]c4-c4ccc(O)c(O)c4)OC(CO)C(O)C3O)OCC(O)C2O)cc(OC)c1O. The van der Waals surface area contributed by atoms with Gasteiger partial charge in [0.25, 0.3) is 0 Å². The number of aliphatic hydroxyl groups excluding tert-OH is 9. The molecule has 14 unspecified atom stereocenters. The molecule has 0 aliphatic carbocycles. The van der Waals surface area contributed by atoms with Gasteiger partial charge in [0.05, 0.1) is 45.7 Å². The number of carbonyl (C=O) groups is 1. The third kappa shape index (κ3) is 10.2. The first kappa shape index (κ1) is 49.1. The van der Waals surface area contributed by atoms with Gasteiger partial charge in [0.15, 0.2) is 41.5 Å². The number of hydrogen-bond donors (Lipinski definition) is 13. The zero-order valence-electron chi connectivity index (χ0n) is 35.3. The molecule has 0 spiro atoms. The third-order valence-electron chi connectivity index (χ3n) is 11.1. The molecule has 3 aliphatic heterocycles. The summed E-state index contributed by atoms with van der Waals surface area (Å²) in [5.41, 5.74) is 0.149. The predicted molar refractivity (Wildman–Crippen MR) is 221 cm³/mol. The van der Waals surface area contributed by atoms with Gasteiger partial charge in [-0.1, -0.05) is 0 Å². The molecular formula is C43H49O24+. The Bertz CT molecular complexity index is 2390. The van der Waals surface area contributed by atoms with E-state index >= 15 is 0 Å². The summed E-state index contributed by atoms with van der Waals surface area (Å²) in [5.74, 6) is -3.94. The number of hydrogen-bond acceptors (Lipinski definition) is 23. The highest BCUT2D eigenvalue weighted by Crippen LogP contribution is 2.44. The lowest BCUT2D eigenvalue weighted by Gasteiger charge is -2.44. The van der Waals surface area contributed by atoms with E-state index in [0.29, 0.717) is 5.56 Å². The summed E-state index contributed by atoms with van der Waals surface area (Å²) in [6, 6.07) is 9.61. The first-order valence-electron chi connectivity index (χ1n) is 20.4. The van der Waals surface area contributed by atoms with Crippen molar-refractivity contribution in [2.45, 2.75) is 86.0 Å². The quantitative estimate of drug-likeness (QED) is 0.0290. The molecule has 67 heavy (non-hydrogen) atoms. The summed E-state index contributed by atoms with van der Waals surface area (Å²) >= 11 is 0. The molecule has 4 heterocycles. The standard InChI is InChI=1S/C43H48O24/c1-58-25-7-16(8-26(59-2)32(25)52)3-6-30(50)66-39-31(51)22(49)15-60-42(39)67-40-36(56)34(54)29(14-45)65-43(40)63-27-12-19-23(61-38(27)17-4-5-20(47)21(48)9-17)10-18(46)11-24(19)62-41-37(57)35(55)33(53)28(13-44)64-41/h3-12,22,28-29,31,33-37,39-45,49,51,53-57H,13-15H2,1-2H3,(H3-,46,47,48,50,52)/p+1. The van der Waals surface area contributed by atoms with Crippen LogP contribution in [0.3, 0.4) is 0 Å². The van der Waals surface area contributed by atoms with Crippen molar-refractivity contribution in [1.29, 1.82) is 0 Å². The monoisotopic (exact) mass is 949 g/mol. The summed E-state index contributed by atoms with van der Waals surface area (Å²) in [4.78, 5) is 13.2. The molecule has 3 aliphatic rings. The maximum Gasteiger partial charge on any atom is 0.402 e.